The molecule has 6 heteroatoms. The largest absolute Gasteiger partial charge is 0.479 e. The van der Waals surface area contributed by atoms with Gasteiger partial charge in [0.1, 0.15) is 11.6 Å². The Morgan fingerprint density at radius 3 is 2.95 bits per heavy atom. The zero-order valence-electron chi connectivity index (χ0n) is 11.6. The molecule has 0 saturated heterocycles. The van der Waals surface area contributed by atoms with Gasteiger partial charge in [-0.25, -0.2) is 4.39 Å². The maximum absolute atomic E-state index is 12.9. The van der Waals surface area contributed by atoms with Crippen molar-refractivity contribution in [3.05, 3.63) is 41.2 Å². The van der Waals surface area contributed by atoms with E-state index in [0.717, 1.165) is 6.07 Å². The van der Waals surface area contributed by atoms with Gasteiger partial charge in [-0.05, 0) is 31.5 Å². The Labute approximate surface area is 127 Å². The Morgan fingerprint density at radius 1 is 1.57 bits per heavy atom. The van der Waals surface area contributed by atoms with E-state index in [1.54, 1.807) is 6.92 Å². The maximum Gasteiger partial charge on any atom is 0.261 e. The monoisotopic (exact) mass is 313 g/mol. The number of halogens is 2. The quantitative estimate of drug-likeness (QED) is 0.820. The van der Waals surface area contributed by atoms with Gasteiger partial charge in [-0.2, -0.15) is 0 Å². The van der Waals surface area contributed by atoms with Crippen LogP contribution in [0, 0.1) is 11.7 Å². The third kappa shape index (κ3) is 4.19. The van der Waals surface area contributed by atoms with Gasteiger partial charge in [-0.3, -0.25) is 4.79 Å². The molecule has 1 unspecified atom stereocenters. The van der Waals surface area contributed by atoms with Gasteiger partial charge < -0.3 is 15.2 Å². The molecule has 2 rings (SSSR count). The topological polar surface area (TPSA) is 58.6 Å². The molecule has 21 heavy (non-hydrogen) atoms. The highest BCUT2D eigenvalue weighted by Crippen LogP contribution is 2.26. The van der Waals surface area contributed by atoms with E-state index in [4.69, 9.17) is 21.4 Å². The van der Waals surface area contributed by atoms with Crippen LogP contribution in [0.25, 0.3) is 0 Å². The Kier molecular flexibility index (Phi) is 5.20. The van der Waals surface area contributed by atoms with Gasteiger partial charge in [-0.1, -0.05) is 23.8 Å². The van der Waals surface area contributed by atoms with Gasteiger partial charge in [0.15, 0.2) is 6.10 Å². The number of aliphatic hydroxyl groups is 1. The second-order valence-electron chi connectivity index (χ2n) is 5.01. The molecule has 0 aromatic heterocycles. The van der Waals surface area contributed by atoms with E-state index in [0.29, 0.717) is 6.42 Å². The first kappa shape index (κ1) is 15.8. The lowest BCUT2D eigenvalue weighted by molar-refractivity contribution is -0.127. The molecule has 3 atom stereocenters. The van der Waals surface area contributed by atoms with Crippen molar-refractivity contribution in [2.45, 2.75) is 25.5 Å². The summed E-state index contributed by atoms with van der Waals surface area (Å²) in [6, 6.07) is 3.63. The van der Waals surface area contributed by atoms with Crippen LogP contribution in [0.15, 0.2) is 30.4 Å². The van der Waals surface area contributed by atoms with Crippen molar-refractivity contribution in [1.29, 1.82) is 0 Å². The number of carbonyl (C=O) groups excluding carboxylic acids is 1. The van der Waals surface area contributed by atoms with Crippen LogP contribution in [0.2, 0.25) is 5.02 Å². The van der Waals surface area contributed by atoms with Crippen LogP contribution in [0.4, 0.5) is 4.39 Å². The normalized spacial score (nSPS) is 22.1. The first-order chi connectivity index (χ1) is 9.99. The SMILES string of the molecule is CC(Oc1ccc(F)cc1Cl)C(=O)N[C@@H]1C=C[C@H](CO)C1. The second-order valence-corrected chi connectivity index (χ2v) is 5.42. The molecule has 114 valence electrons. The molecule has 0 aliphatic heterocycles. The summed E-state index contributed by atoms with van der Waals surface area (Å²) in [5, 5.41) is 12.0. The minimum atomic E-state index is -0.755. The molecule has 1 aromatic carbocycles. The number of nitrogens with one attached hydrogen (secondary N) is 1. The fourth-order valence-corrected chi connectivity index (χ4v) is 2.34. The van der Waals surface area contributed by atoms with Crippen molar-refractivity contribution in [2.24, 2.45) is 5.92 Å². The van der Waals surface area contributed by atoms with Crippen LogP contribution in [0.1, 0.15) is 13.3 Å². The average molecular weight is 314 g/mol. The molecule has 0 bridgehead atoms. The number of ether oxygens (including phenoxy) is 1. The van der Waals surface area contributed by atoms with Crippen molar-refractivity contribution in [2.75, 3.05) is 6.61 Å². The fourth-order valence-electron chi connectivity index (χ4n) is 2.13. The molecule has 0 radical (unpaired) electrons. The third-order valence-electron chi connectivity index (χ3n) is 3.30. The molecule has 0 spiro atoms. The number of hydrogen-bond acceptors (Lipinski definition) is 3. The lowest BCUT2D eigenvalue weighted by atomic mass is 10.1. The summed E-state index contributed by atoms with van der Waals surface area (Å²) in [7, 11) is 0. The first-order valence-electron chi connectivity index (χ1n) is 6.71. The second kappa shape index (κ2) is 6.91. The van der Waals surface area contributed by atoms with Crippen LogP contribution in [-0.4, -0.2) is 29.8 Å². The predicted octanol–water partition coefficient (Wildman–Crippen LogP) is 2.30. The molecular weight excluding hydrogens is 297 g/mol. The van der Waals surface area contributed by atoms with E-state index in [-0.39, 0.29) is 35.2 Å². The zero-order chi connectivity index (χ0) is 15.4. The standard InChI is InChI=1S/C15H17ClFNO3/c1-9(21-14-5-3-11(17)7-13(14)16)15(20)18-12-4-2-10(6-12)8-19/h2-5,7,9-10,12,19H,6,8H2,1H3,(H,18,20)/t9?,10-,12+/m0/s1. The van der Waals surface area contributed by atoms with E-state index in [9.17, 15) is 9.18 Å². The van der Waals surface area contributed by atoms with Crippen molar-refractivity contribution >= 4 is 17.5 Å². The van der Waals surface area contributed by atoms with Crippen molar-refractivity contribution in [3.8, 4) is 5.75 Å². The lowest BCUT2D eigenvalue weighted by Crippen LogP contribution is -2.41. The van der Waals surface area contributed by atoms with Gasteiger partial charge >= 0.3 is 0 Å². The molecular formula is C15H17ClFNO3. The Bertz CT molecular complexity index is 550. The summed E-state index contributed by atoms with van der Waals surface area (Å²) >= 11 is 5.85. The van der Waals surface area contributed by atoms with Crippen molar-refractivity contribution < 1.29 is 19.0 Å². The van der Waals surface area contributed by atoms with Crippen LogP contribution in [0.3, 0.4) is 0 Å². The molecule has 1 amide bonds. The molecule has 1 aliphatic carbocycles. The molecule has 0 saturated carbocycles. The molecule has 4 nitrogen and oxygen atoms in total. The number of benzene rings is 1. The van der Waals surface area contributed by atoms with Crippen LogP contribution in [-0.2, 0) is 4.79 Å². The van der Waals surface area contributed by atoms with Crippen LogP contribution >= 0.6 is 11.6 Å². The minimum Gasteiger partial charge on any atom is -0.479 e. The van der Waals surface area contributed by atoms with Gasteiger partial charge in [0, 0.05) is 18.6 Å². The van der Waals surface area contributed by atoms with Crippen LogP contribution < -0.4 is 10.1 Å². The molecule has 1 aliphatic rings. The number of amides is 1. The first-order valence-corrected chi connectivity index (χ1v) is 7.08. The highest BCUT2D eigenvalue weighted by atomic mass is 35.5. The van der Waals surface area contributed by atoms with E-state index in [2.05, 4.69) is 5.32 Å². The number of hydrogen-bond donors (Lipinski definition) is 2. The fraction of sp³-hybridized carbons (Fsp3) is 0.400. The lowest BCUT2D eigenvalue weighted by Gasteiger charge is -2.18. The third-order valence-corrected chi connectivity index (χ3v) is 3.60. The molecule has 1 aromatic rings. The Morgan fingerprint density at radius 2 is 2.33 bits per heavy atom. The average Bonchev–Trinajstić information content (AvgIpc) is 2.89. The van der Waals surface area contributed by atoms with Gasteiger partial charge in [0.2, 0.25) is 0 Å². The number of aliphatic hydroxyl groups excluding tert-OH is 1. The van der Waals surface area contributed by atoms with Crippen LogP contribution in [0.5, 0.6) is 5.75 Å². The summed E-state index contributed by atoms with van der Waals surface area (Å²) < 4.78 is 18.4. The number of rotatable bonds is 5. The summed E-state index contributed by atoms with van der Waals surface area (Å²) in [5.74, 6) is -0.409. The Balaban J connectivity index is 1.89. The van der Waals surface area contributed by atoms with Gasteiger partial charge in [-0.15, -0.1) is 0 Å². The minimum absolute atomic E-state index is 0.0696. The van der Waals surface area contributed by atoms with Crippen molar-refractivity contribution in [3.63, 3.8) is 0 Å². The highest BCUT2D eigenvalue weighted by Gasteiger charge is 2.23. The predicted molar refractivity (Wildman–Crippen MR) is 77.8 cm³/mol. The summed E-state index contributed by atoms with van der Waals surface area (Å²) in [6.45, 7) is 1.66. The number of carbonyl (C=O) groups is 1. The van der Waals surface area contributed by atoms with E-state index in [1.165, 1.54) is 12.1 Å². The molecule has 2 N–H and O–H groups in total. The summed E-state index contributed by atoms with van der Waals surface area (Å²) in [5.41, 5.74) is 0. The molecule has 0 fully saturated rings. The summed E-state index contributed by atoms with van der Waals surface area (Å²) in [6.07, 6.45) is 3.66. The maximum atomic E-state index is 12.9. The highest BCUT2D eigenvalue weighted by molar-refractivity contribution is 6.32. The Hall–Kier alpha value is -1.59. The zero-order valence-corrected chi connectivity index (χ0v) is 12.3. The smallest absolute Gasteiger partial charge is 0.261 e. The van der Waals surface area contributed by atoms with E-state index in [1.807, 2.05) is 12.2 Å². The molecule has 0 heterocycles. The van der Waals surface area contributed by atoms with Gasteiger partial charge in [0.25, 0.3) is 5.91 Å². The summed E-state index contributed by atoms with van der Waals surface area (Å²) in [4.78, 5) is 12.0. The van der Waals surface area contributed by atoms with E-state index < -0.39 is 11.9 Å². The van der Waals surface area contributed by atoms with Crippen molar-refractivity contribution in [1.82, 2.24) is 5.32 Å². The van der Waals surface area contributed by atoms with Gasteiger partial charge in [0.05, 0.1) is 5.02 Å². The van der Waals surface area contributed by atoms with E-state index >= 15 is 0 Å².